The van der Waals surface area contributed by atoms with Crippen molar-refractivity contribution in [1.29, 1.82) is 0 Å². The summed E-state index contributed by atoms with van der Waals surface area (Å²) >= 11 is 0. The van der Waals surface area contributed by atoms with E-state index in [1.807, 2.05) is 11.8 Å². The van der Waals surface area contributed by atoms with Crippen LogP contribution in [0.5, 0.6) is 0 Å². The fraction of sp³-hybridized carbons (Fsp3) is 0.846. The molecule has 2 heterocycles. The minimum atomic E-state index is -0.489. The van der Waals surface area contributed by atoms with Gasteiger partial charge in [-0.2, -0.15) is 0 Å². The smallest absolute Gasteiger partial charge is 0.312 e. The number of nitrogens with one attached hydrogen (secondary N) is 2. The summed E-state index contributed by atoms with van der Waals surface area (Å²) in [5.41, 5.74) is 5.08. The van der Waals surface area contributed by atoms with Gasteiger partial charge in [-0.3, -0.25) is 4.79 Å². The van der Waals surface area contributed by atoms with Gasteiger partial charge >= 0.3 is 6.03 Å². The standard InChI is InChI=1S/C13H24N4O2/c1-9(11-6-15-7-11)12(18)17-4-2-3-10(8-17)5-16-13(14)19/h9-11,15H,2-8H2,1H3,(H3,14,16,19). The monoisotopic (exact) mass is 268 g/mol. The maximum absolute atomic E-state index is 12.4. The second-order valence-corrected chi connectivity index (χ2v) is 5.74. The highest BCUT2D eigenvalue weighted by Gasteiger charge is 2.33. The molecule has 108 valence electrons. The lowest BCUT2D eigenvalue weighted by atomic mass is 9.87. The topological polar surface area (TPSA) is 87.5 Å². The van der Waals surface area contributed by atoms with Crippen LogP contribution in [0.2, 0.25) is 0 Å². The number of likely N-dealkylation sites (tertiary alicyclic amines) is 1. The SMILES string of the molecule is CC(C(=O)N1CCCC(CNC(N)=O)C1)C1CNC1. The van der Waals surface area contributed by atoms with E-state index in [0.717, 1.165) is 39.0 Å². The molecule has 0 radical (unpaired) electrons. The predicted molar refractivity (Wildman–Crippen MR) is 72.4 cm³/mol. The predicted octanol–water partition coefficient (Wildman–Crippen LogP) is -0.251. The molecule has 0 aromatic rings. The van der Waals surface area contributed by atoms with Gasteiger partial charge in [-0.15, -0.1) is 0 Å². The summed E-state index contributed by atoms with van der Waals surface area (Å²) in [5, 5.41) is 5.85. The molecule has 0 aromatic carbocycles. The molecule has 0 saturated carbocycles. The van der Waals surface area contributed by atoms with E-state index in [-0.39, 0.29) is 11.8 Å². The van der Waals surface area contributed by atoms with Crippen LogP contribution in [0.1, 0.15) is 19.8 Å². The van der Waals surface area contributed by atoms with Gasteiger partial charge in [0.2, 0.25) is 5.91 Å². The van der Waals surface area contributed by atoms with Crippen molar-refractivity contribution < 1.29 is 9.59 Å². The Hall–Kier alpha value is -1.30. The summed E-state index contributed by atoms with van der Waals surface area (Å²) in [6.45, 7) is 6.08. The summed E-state index contributed by atoms with van der Waals surface area (Å²) < 4.78 is 0. The molecule has 19 heavy (non-hydrogen) atoms. The summed E-state index contributed by atoms with van der Waals surface area (Å²) in [6, 6.07) is -0.489. The van der Waals surface area contributed by atoms with Gasteiger partial charge in [0.15, 0.2) is 0 Å². The molecule has 2 unspecified atom stereocenters. The molecule has 2 rings (SSSR count). The van der Waals surface area contributed by atoms with E-state index in [4.69, 9.17) is 5.73 Å². The first-order valence-corrected chi connectivity index (χ1v) is 7.10. The first kappa shape index (κ1) is 14.1. The van der Waals surface area contributed by atoms with Gasteiger partial charge in [0, 0.05) is 25.6 Å². The van der Waals surface area contributed by atoms with Crippen LogP contribution in [-0.2, 0) is 4.79 Å². The third kappa shape index (κ3) is 3.59. The minimum Gasteiger partial charge on any atom is -0.352 e. The maximum Gasteiger partial charge on any atom is 0.312 e. The summed E-state index contributed by atoms with van der Waals surface area (Å²) in [6.07, 6.45) is 2.05. The number of carbonyl (C=O) groups is 2. The van der Waals surface area contributed by atoms with E-state index in [0.29, 0.717) is 18.4 Å². The van der Waals surface area contributed by atoms with Crippen molar-refractivity contribution in [3.8, 4) is 0 Å². The molecule has 2 fully saturated rings. The number of carbonyl (C=O) groups excluding carboxylic acids is 2. The fourth-order valence-electron chi connectivity index (χ4n) is 2.83. The third-order valence-electron chi connectivity index (χ3n) is 4.31. The molecule has 2 atom stereocenters. The number of amides is 3. The summed E-state index contributed by atoms with van der Waals surface area (Å²) in [7, 11) is 0. The number of nitrogens with two attached hydrogens (primary N) is 1. The highest BCUT2D eigenvalue weighted by atomic mass is 16.2. The van der Waals surface area contributed by atoms with E-state index in [1.165, 1.54) is 0 Å². The summed E-state index contributed by atoms with van der Waals surface area (Å²) in [4.78, 5) is 25.1. The molecule has 2 saturated heterocycles. The zero-order chi connectivity index (χ0) is 13.8. The van der Waals surface area contributed by atoms with Crippen molar-refractivity contribution in [2.75, 3.05) is 32.7 Å². The molecular weight excluding hydrogens is 244 g/mol. The molecule has 6 nitrogen and oxygen atoms in total. The Morgan fingerprint density at radius 3 is 2.79 bits per heavy atom. The molecule has 0 aromatic heterocycles. The second-order valence-electron chi connectivity index (χ2n) is 5.74. The Labute approximate surface area is 114 Å². The van der Waals surface area contributed by atoms with Gasteiger partial charge in [-0.05, 0) is 37.8 Å². The van der Waals surface area contributed by atoms with Crippen LogP contribution in [0.25, 0.3) is 0 Å². The first-order valence-electron chi connectivity index (χ1n) is 7.10. The van der Waals surface area contributed by atoms with Crippen LogP contribution in [0, 0.1) is 17.8 Å². The molecule has 4 N–H and O–H groups in total. The largest absolute Gasteiger partial charge is 0.352 e. The molecule has 0 spiro atoms. The van der Waals surface area contributed by atoms with Gasteiger partial charge < -0.3 is 21.3 Å². The lowest BCUT2D eigenvalue weighted by Crippen LogP contribution is -2.52. The molecule has 0 bridgehead atoms. The average Bonchev–Trinajstić information content (AvgIpc) is 2.33. The second kappa shape index (κ2) is 6.23. The molecular formula is C13H24N4O2. The Kier molecular flexibility index (Phi) is 4.63. The van der Waals surface area contributed by atoms with E-state index in [1.54, 1.807) is 0 Å². The van der Waals surface area contributed by atoms with Crippen molar-refractivity contribution in [3.05, 3.63) is 0 Å². The zero-order valence-corrected chi connectivity index (χ0v) is 11.5. The first-order chi connectivity index (χ1) is 9.08. The quantitative estimate of drug-likeness (QED) is 0.657. The molecule has 3 amide bonds. The number of piperidine rings is 1. The highest BCUT2D eigenvalue weighted by molar-refractivity contribution is 5.79. The maximum atomic E-state index is 12.4. The normalized spacial score (nSPS) is 25.5. The lowest BCUT2D eigenvalue weighted by Gasteiger charge is -2.38. The van der Waals surface area contributed by atoms with E-state index < -0.39 is 6.03 Å². The molecule has 6 heteroatoms. The van der Waals surface area contributed by atoms with Crippen LogP contribution < -0.4 is 16.4 Å². The number of nitrogens with zero attached hydrogens (tertiary/aromatic N) is 1. The van der Waals surface area contributed by atoms with Crippen molar-refractivity contribution in [2.45, 2.75) is 19.8 Å². The molecule has 0 aliphatic carbocycles. The lowest BCUT2D eigenvalue weighted by molar-refractivity contribution is -0.139. The Balaban J connectivity index is 1.82. The number of primary amides is 1. The third-order valence-corrected chi connectivity index (χ3v) is 4.31. The van der Waals surface area contributed by atoms with Crippen molar-refractivity contribution >= 4 is 11.9 Å². The molecule has 2 aliphatic heterocycles. The van der Waals surface area contributed by atoms with E-state index in [9.17, 15) is 9.59 Å². The van der Waals surface area contributed by atoms with Gasteiger partial charge in [-0.1, -0.05) is 6.92 Å². The van der Waals surface area contributed by atoms with Crippen molar-refractivity contribution in [1.82, 2.24) is 15.5 Å². The van der Waals surface area contributed by atoms with Gasteiger partial charge in [0.1, 0.15) is 0 Å². The van der Waals surface area contributed by atoms with Gasteiger partial charge in [0.05, 0.1) is 0 Å². The average molecular weight is 268 g/mol. The highest BCUT2D eigenvalue weighted by Crippen LogP contribution is 2.22. The van der Waals surface area contributed by atoms with Crippen molar-refractivity contribution in [3.63, 3.8) is 0 Å². The van der Waals surface area contributed by atoms with Crippen LogP contribution >= 0.6 is 0 Å². The number of hydrogen-bond donors (Lipinski definition) is 3. The Bertz CT molecular complexity index is 344. The van der Waals surface area contributed by atoms with Crippen LogP contribution in [0.15, 0.2) is 0 Å². The number of rotatable bonds is 4. The Morgan fingerprint density at radius 2 is 2.21 bits per heavy atom. The Morgan fingerprint density at radius 1 is 1.47 bits per heavy atom. The fourth-order valence-corrected chi connectivity index (χ4v) is 2.83. The van der Waals surface area contributed by atoms with Crippen molar-refractivity contribution in [2.24, 2.45) is 23.5 Å². The van der Waals surface area contributed by atoms with Gasteiger partial charge in [0.25, 0.3) is 0 Å². The van der Waals surface area contributed by atoms with E-state index >= 15 is 0 Å². The van der Waals surface area contributed by atoms with E-state index in [2.05, 4.69) is 10.6 Å². The summed E-state index contributed by atoms with van der Waals surface area (Å²) in [5.74, 6) is 1.17. The molecule has 2 aliphatic rings. The van der Waals surface area contributed by atoms with Crippen LogP contribution in [0.3, 0.4) is 0 Å². The van der Waals surface area contributed by atoms with Crippen LogP contribution in [0.4, 0.5) is 4.79 Å². The van der Waals surface area contributed by atoms with Crippen LogP contribution in [-0.4, -0.2) is 49.6 Å². The number of urea groups is 1. The zero-order valence-electron chi connectivity index (χ0n) is 11.5. The number of hydrogen-bond acceptors (Lipinski definition) is 3. The van der Waals surface area contributed by atoms with Gasteiger partial charge in [-0.25, -0.2) is 4.79 Å². The minimum absolute atomic E-state index is 0.101.